The first-order valence-electron chi connectivity index (χ1n) is 5.57. The number of aryl methyl sites for hydroxylation is 1. The van der Waals surface area contributed by atoms with Gasteiger partial charge in [-0.25, -0.2) is 4.98 Å². The Morgan fingerprint density at radius 3 is 2.59 bits per heavy atom. The third-order valence-corrected chi connectivity index (χ3v) is 3.79. The van der Waals surface area contributed by atoms with Gasteiger partial charge < -0.3 is 5.11 Å². The van der Waals surface area contributed by atoms with E-state index in [1.165, 1.54) is 16.0 Å². The minimum Gasteiger partial charge on any atom is -0.381 e. The zero-order valence-corrected chi connectivity index (χ0v) is 10.8. The van der Waals surface area contributed by atoms with Gasteiger partial charge in [0.25, 0.3) is 0 Å². The second-order valence-electron chi connectivity index (χ2n) is 3.97. The summed E-state index contributed by atoms with van der Waals surface area (Å²) in [7, 11) is 0. The molecule has 0 fully saturated rings. The van der Waals surface area contributed by atoms with Crippen molar-refractivity contribution < 1.29 is 5.11 Å². The molecular weight excluding hydrogens is 232 g/mol. The molecule has 0 saturated heterocycles. The van der Waals surface area contributed by atoms with Gasteiger partial charge >= 0.3 is 0 Å². The SMILES string of the molecule is Cc1ncsc1-c1ccc([C@H](C)NCO)cc1. The van der Waals surface area contributed by atoms with Gasteiger partial charge in [0.05, 0.1) is 22.8 Å². The molecule has 17 heavy (non-hydrogen) atoms. The monoisotopic (exact) mass is 248 g/mol. The summed E-state index contributed by atoms with van der Waals surface area (Å²) in [4.78, 5) is 5.47. The fourth-order valence-electron chi connectivity index (χ4n) is 1.76. The zero-order chi connectivity index (χ0) is 12.3. The molecule has 2 N–H and O–H groups in total. The van der Waals surface area contributed by atoms with E-state index in [-0.39, 0.29) is 12.8 Å². The van der Waals surface area contributed by atoms with E-state index in [0.29, 0.717) is 0 Å². The van der Waals surface area contributed by atoms with Gasteiger partial charge in [0, 0.05) is 6.04 Å². The van der Waals surface area contributed by atoms with Crippen LogP contribution < -0.4 is 5.32 Å². The van der Waals surface area contributed by atoms with E-state index in [0.717, 1.165) is 5.69 Å². The van der Waals surface area contributed by atoms with E-state index >= 15 is 0 Å². The van der Waals surface area contributed by atoms with Crippen LogP contribution in [0.15, 0.2) is 29.8 Å². The number of hydrogen-bond acceptors (Lipinski definition) is 4. The number of nitrogens with one attached hydrogen (secondary N) is 1. The highest BCUT2D eigenvalue weighted by Crippen LogP contribution is 2.28. The number of aromatic nitrogens is 1. The summed E-state index contributed by atoms with van der Waals surface area (Å²) in [5.74, 6) is 0. The molecule has 0 aliphatic carbocycles. The van der Waals surface area contributed by atoms with E-state index in [9.17, 15) is 0 Å². The average Bonchev–Trinajstić information content (AvgIpc) is 2.76. The minimum atomic E-state index is -0.00310. The van der Waals surface area contributed by atoms with Crippen molar-refractivity contribution in [1.29, 1.82) is 0 Å². The lowest BCUT2D eigenvalue weighted by atomic mass is 10.1. The topological polar surface area (TPSA) is 45.2 Å². The number of nitrogens with zero attached hydrogens (tertiary/aromatic N) is 1. The highest BCUT2D eigenvalue weighted by atomic mass is 32.1. The van der Waals surface area contributed by atoms with Crippen LogP contribution in [0.3, 0.4) is 0 Å². The normalized spacial score (nSPS) is 12.6. The quantitative estimate of drug-likeness (QED) is 0.818. The highest BCUT2D eigenvalue weighted by molar-refractivity contribution is 7.13. The molecule has 0 bridgehead atoms. The van der Waals surface area contributed by atoms with Gasteiger partial charge in [0.1, 0.15) is 0 Å². The van der Waals surface area contributed by atoms with Gasteiger partial charge in [0.2, 0.25) is 0 Å². The predicted octanol–water partition coefficient (Wildman–Crippen LogP) is 2.72. The number of hydrogen-bond donors (Lipinski definition) is 2. The number of rotatable bonds is 4. The summed E-state index contributed by atoms with van der Waals surface area (Å²) in [6.45, 7) is 4.05. The molecule has 0 aliphatic heterocycles. The molecule has 0 amide bonds. The minimum absolute atomic E-state index is 0.00310. The van der Waals surface area contributed by atoms with Crippen molar-refractivity contribution in [2.75, 3.05) is 6.73 Å². The molecule has 2 aromatic rings. The molecule has 4 heteroatoms. The van der Waals surface area contributed by atoms with Crippen molar-refractivity contribution in [3.8, 4) is 10.4 Å². The molecule has 0 aliphatic rings. The van der Waals surface area contributed by atoms with Crippen LogP contribution in [0.2, 0.25) is 0 Å². The van der Waals surface area contributed by atoms with E-state index in [2.05, 4.69) is 34.6 Å². The van der Waals surface area contributed by atoms with Crippen LogP contribution in [0.25, 0.3) is 10.4 Å². The summed E-state index contributed by atoms with van der Waals surface area (Å²) in [5, 5.41) is 11.8. The number of benzene rings is 1. The van der Waals surface area contributed by atoms with Gasteiger partial charge in [-0.2, -0.15) is 0 Å². The molecule has 2 rings (SSSR count). The molecule has 1 atom stereocenters. The van der Waals surface area contributed by atoms with Crippen molar-refractivity contribution in [1.82, 2.24) is 10.3 Å². The molecule has 1 aromatic carbocycles. The van der Waals surface area contributed by atoms with Crippen LogP contribution in [0.4, 0.5) is 0 Å². The zero-order valence-electron chi connectivity index (χ0n) is 9.97. The van der Waals surface area contributed by atoms with E-state index < -0.39 is 0 Å². The fraction of sp³-hybridized carbons (Fsp3) is 0.308. The Hall–Kier alpha value is -1.23. The smallest absolute Gasteiger partial charge is 0.0936 e. The Balaban J connectivity index is 2.21. The molecule has 3 nitrogen and oxygen atoms in total. The van der Waals surface area contributed by atoms with E-state index in [4.69, 9.17) is 5.11 Å². The maximum absolute atomic E-state index is 8.82. The van der Waals surface area contributed by atoms with Crippen LogP contribution in [-0.4, -0.2) is 16.8 Å². The maximum Gasteiger partial charge on any atom is 0.0936 e. The Bertz CT molecular complexity index is 478. The molecular formula is C13H16N2OS. The van der Waals surface area contributed by atoms with Crippen molar-refractivity contribution >= 4 is 11.3 Å². The van der Waals surface area contributed by atoms with Crippen LogP contribution in [-0.2, 0) is 0 Å². The van der Waals surface area contributed by atoms with E-state index in [1.54, 1.807) is 11.3 Å². The van der Waals surface area contributed by atoms with Gasteiger partial charge in [-0.3, -0.25) is 5.32 Å². The number of aliphatic hydroxyl groups excluding tert-OH is 1. The molecule has 0 saturated carbocycles. The lowest BCUT2D eigenvalue weighted by Crippen LogP contribution is -2.19. The first kappa shape index (κ1) is 12.2. The fourth-order valence-corrected chi connectivity index (χ4v) is 2.57. The Morgan fingerprint density at radius 2 is 2.06 bits per heavy atom. The summed E-state index contributed by atoms with van der Waals surface area (Å²) in [5.41, 5.74) is 5.31. The number of thiazole rings is 1. The van der Waals surface area contributed by atoms with Gasteiger partial charge in [-0.05, 0) is 25.0 Å². The highest BCUT2D eigenvalue weighted by Gasteiger charge is 2.07. The van der Waals surface area contributed by atoms with Gasteiger partial charge in [0.15, 0.2) is 0 Å². The van der Waals surface area contributed by atoms with Crippen molar-refractivity contribution in [3.63, 3.8) is 0 Å². The lowest BCUT2D eigenvalue weighted by Gasteiger charge is -2.12. The summed E-state index contributed by atoms with van der Waals surface area (Å²) in [6, 6.07) is 8.54. The molecule has 0 unspecified atom stereocenters. The third kappa shape index (κ3) is 2.72. The summed E-state index contributed by atoms with van der Waals surface area (Å²) in [6.07, 6.45) is 0. The second-order valence-corrected chi connectivity index (χ2v) is 4.83. The van der Waals surface area contributed by atoms with Crippen molar-refractivity contribution in [2.24, 2.45) is 0 Å². The molecule has 1 aromatic heterocycles. The van der Waals surface area contributed by atoms with Crippen LogP contribution >= 0.6 is 11.3 Å². The Morgan fingerprint density at radius 1 is 1.35 bits per heavy atom. The third-order valence-electron chi connectivity index (χ3n) is 2.82. The molecule has 0 spiro atoms. The average molecular weight is 248 g/mol. The standard InChI is InChI=1S/C13H16N2OS/c1-9(14-7-16)11-3-5-12(6-4-11)13-10(2)15-8-17-13/h3-6,8-9,14,16H,7H2,1-2H3/t9-/m0/s1. The molecule has 90 valence electrons. The first-order chi connectivity index (χ1) is 8.22. The molecule has 1 heterocycles. The Kier molecular flexibility index (Phi) is 3.89. The molecule has 0 radical (unpaired) electrons. The van der Waals surface area contributed by atoms with Gasteiger partial charge in [-0.15, -0.1) is 11.3 Å². The number of aliphatic hydroxyl groups is 1. The largest absolute Gasteiger partial charge is 0.381 e. The van der Waals surface area contributed by atoms with Crippen LogP contribution in [0.1, 0.15) is 24.2 Å². The maximum atomic E-state index is 8.82. The summed E-state index contributed by atoms with van der Waals surface area (Å²) >= 11 is 1.66. The van der Waals surface area contributed by atoms with Crippen LogP contribution in [0, 0.1) is 6.92 Å². The van der Waals surface area contributed by atoms with Crippen LogP contribution in [0.5, 0.6) is 0 Å². The van der Waals surface area contributed by atoms with Gasteiger partial charge in [-0.1, -0.05) is 24.3 Å². The first-order valence-corrected chi connectivity index (χ1v) is 6.45. The summed E-state index contributed by atoms with van der Waals surface area (Å²) < 4.78 is 0. The lowest BCUT2D eigenvalue weighted by molar-refractivity contribution is 0.245. The van der Waals surface area contributed by atoms with Crippen molar-refractivity contribution in [3.05, 3.63) is 41.0 Å². The Labute approximate surface area is 105 Å². The van der Waals surface area contributed by atoms with E-state index in [1.807, 2.05) is 19.4 Å². The predicted molar refractivity (Wildman–Crippen MR) is 70.9 cm³/mol. The van der Waals surface area contributed by atoms with Crippen molar-refractivity contribution in [2.45, 2.75) is 19.9 Å². The second kappa shape index (κ2) is 5.40.